The van der Waals surface area contributed by atoms with Crippen molar-refractivity contribution in [3.05, 3.63) is 12.2 Å². The van der Waals surface area contributed by atoms with Crippen LogP contribution in [0.1, 0.15) is 316 Å². The fourth-order valence-electron chi connectivity index (χ4n) is 9.12. The summed E-state index contributed by atoms with van der Waals surface area (Å²) >= 11 is 0. The van der Waals surface area contributed by atoms with Gasteiger partial charge in [0.1, 0.15) is 12.2 Å². The van der Waals surface area contributed by atoms with Crippen molar-refractivity contribution in [3.63, 3.8) is 0 Å². The highest BCUT2D eigenvalue weighted by Gasteiger charge is 2.27. The molecule has 0 aromatic rings. The van der Waals surface area contributed by atoms with Gasteiger partial charge in [0.15, 0.2) is 0 Å². The molecule has 0 heterocycles. The fraction of sp³-hybridized carbons (Fsp3) is 0.932. The van der Waals surface area contributed by atoms with E-state index < -0.39 is 58.4 Å². The minimum Gasteiger partial charge on any atom is -0.457 e. The molecule has 0 aliphatic heterocycles. The molecule has 0 rings (SSSR count). The highest BCUT2D eigenvalue weighted by atomic mass is 31.2. The average Bonchev–Trinajstić information content (AvgIpc) is 3.35. The molecular formula is C59H115O10P. The van der Waals surface area contributed by atoms with E-state index in [0.29, 0.717) is 12.8 Å². The summed E-state index contributed by atoms with van der Waals surface area (Å²) in [6.07, 6.45) is 60.6. The summed E-state index contributed by atoms with van der Waals surface area (Å²) < 4.78 is 32.9. The van der Waals surface area contributed by atoms with Gasteiger partial charge < -0.3 is 24.6 Å². The fourth-order valence-corrected chi connectivity index (χ4v) is 9.90. The molecule has 10 nitrogen and oxygen atoms in total. The number of carbonyl (C=O) groups is 2. The summed E-state index contributed by atoms with van der Waals surface area (Å²) in [5, 5.41) is 19.3. The Morgan fingerprint density at radius 1 is 0.371 bits per heavy atom. The van der Waals surface area contributed by atoms with Crippen LogP contribution in [0, 0.1) is 0 Å². The van der Waals surface area contributed by atoms with Crippen molar-refractivity contribution in [1.82, 2.24) is 0 Å². The number of aliphatic hydroxyl groups is 2. The van der Waals surface area contributed by atoms with Gasteiger partial charge in [-0.25, -0.2) is 4.57 Å². The predicted octanol–water partition coefficient (Wildman–Crippen LogP) is 17.9. The molecule has 0 aliphatic carbocycles. The van der Waals surface area contributed by atoms with E-state index in [1.54, 1.807) is 0 Å². The van der Waals surface area contributed by atoms with Gasteiger partial charge in [-0.2, -0.15) is 0 Å². The Bertz CT molecular complexity index is 1170. The zero-order valence-corrected chi connectivity index (χ0v) is 46.9. The van der Waals surface area contributed by atoms with Gasteiger partial charge in [-0.1, -0.05) is 276 Å². The van der Waals surface area contributed by atoms with E-state index in [0.717, 1.165) is 38.5 Å². The van der Waals surface area contributed by atoms with Crippen LogP contribution in [0.3, 0.4) is 0 Å². The van der Waals surface area contributed by atoms with Gasteiger partial charge in [0.2, 0.25) is 0 Å². The van der Waals surface area contributed by atoms with Crippen LogP contribution in [-0.4, -0.2) is 65.7 Å². The Balaban J connectivity index is 3.72. The van der Waals surface area contributed by atoms with Crippen LogP contribution in [0.4, 0.5) is 0 Å². The van der Waals surface area contributed by atoms with E-state index in [1.165, 1.54) is 238 Å². The Kier molecular flexibility index (Phi) is 54.4. The smallest absolute Gasteiger partial charge is 0.457 e. The van der Waals surface area contributed by atoms with Gasteiger partial charge in [-0.05, 0) is 38.5 Å². The third kappa shape index (κ3) is 53.0. The molecule has 11 heteroatoms. The monoisotopic (exact) mass is 1010 g/mol. The number of hydrogen-bond donors (Lipinski definition) is 3. The van der Waals surface area contributed by atoms with Crippen LogP contribution < -0.4 is 0 Å². The number of carbonyl (C=O) groups excluding carboxylic acids is 2. The first-order valence-corrected chi connectivity index (χ1v) is 31.6. The van der Waals surface area contributed by atoms with Gasteiger partial charge in [0.25, 0.3) is 0 Å². The van der Waals surface area contributed by atoms with Crippen LogP contribution >= 0.6 is 7.82 Å². The third-order valence-electron chi connectivity index (χ3n) is 13.7. The SMILES string of the molecule is CCCCCCCCCC/C=C\CCCCCCCCCCCCCC(=O)OC(CO)COP(=O)(O)OCC(CO)OC(=O)CCCCCCCCCCCCCCCCCCCCCCCCCC. The molecule has 0 aromatic heterocycles. The largest absolute Gasteiger partial charge is 0.472 e. The molecule has 3 atom stereocenters. The first-order valence-electron chi connectivity index (χ1n) is 30.1. The molecule has 3 N–H and O–H groups in total. The molecule has 0 radical (unpaired) electrons. The lowest BCUT2D eigenvalue weighted by molar-refractivity contribution is -0.153. The first-order chi connectivity index (χ1) is 34.3. The molecule has 416 valence electrons. The number of phosphoric acid groups is 1. The number of allylic oxidation sites excluding steroid dienone is 2. The number of ether oxygens (including phenoxy) is 2. The van der Waals surface area contributed by atoms with Crippen LogP contribution in [0.25, 0.3) is 0 Å². The third-order valence-corrected chi connectivity index (χ3v) is 14.7. The number of rotatable bonds is 58. The van der Waals surface area contributed by atoms with Crippen LogP contribution in [0.5, 0.6) is 0 Å². The minimum absolute atomic E-state index is 0.196. The van der Waals surface area contributed by atoms with Gasteiger partial charge in [0, 0.05) is 12.8 Å². The molecule has 0 amide bonds. The van der Waals surface area contributed by atoms with Crippen molar-refractivity contribution >= 4 is 19.8 Å². The molecule has 0 fully saturated rings. The zero-order chi connectivity index (χ0) is 51.1. The van der Waals surface area contributed by atoms with Crippen LogP contribution in [0.2, 0.25) is 0 Å². The average molecular weight is 1020 g/mol. The zero-order valence-electron chi connectivity index (χ0n) is 46.0. The minimum atomic E-state index is -4.64. The molecule has 0 saturated heterocycles. The van der Waals surface area contributed by atoms with E-state index in [2.05, 4.69) is 26.0 Å². The van der Waals surface area contributed by atoms with Crippen molar-refractivity contribution in [1.29, 1.82) is 0 Å². The number of phosphoric ester groups is 1. The summed E-state index contributed by atoms with van der Waals surface area (Å²) in [5.74, 6) is -1.00. The van der Waals surface area contributed by atoms with E-state index in [4.69, 9.17) is 18.5 Å². The Morgan fingerprint density at radius 2 is 0.586 bits per heavy atom. The van der Waals surface area contributed by atoms with Crippen molar-refractivity contribution in [3.8, 4) is 0 Å². The molecule has 0 spiro atoms. The standard InChI is InChI=1S/C59H115O10P/c1-3-5-7-9-11-13-15-17-19-21-23-25-27-29-31-33-35-37-39-41-43-45-47-49-51-59(63)69-57(53-61)55-67-70(64,65)66-54-56(52-60)68-58(62)50-48-46-44-42-40-38-36-34-32-30-28-26-24-22-20-18-16-14-12-10-8-6-4-2/h22,24,56-57,60-61H,3-21,23,25-55H2,1-2H3,(H,64,65)/b24-22-. The summed E-state index contributed by atoms with van der Waals surface area (Å²) in [6.45, 7) is 2.30. The Labute approximate surface area is 432 Å². The van der Waals surface area contributed by atoms with E-state index in [1.807, 2.05) is 0 Å². The number of esters is 2. The van der Waals surface area contributed by atoms with Crippen LogP contribution in [0.15, 0.2) is 12.2 Å². The summed E-state index contributed by atoms with van der Waals surface area (Å²) in [5.41, 5.74) is 0. The summed E-state index contributed by atoms with van der Waals surface area (Å²) in [4.78, 5) is 34.8. The summed E-state index contributed by atoms with van der Waals surface area (Å²) in [7, 11) is -4.64. The molecule has 3 unspecified atom stereocenters. The molecule has 0 bridgehead atoms. The highest BCUT2D eigenvalue weighted by molar-refractivity contribution is 7.47. The second kappa shape index (κ2) is 55.5. The number of hydrogen-bond acceptors (Lipinski definition) is 9. The quantitative estimate of drug-likeness (QED) is 0.0233. The highest BCUT2D eigenvalue weighted by Crippen LogP contribution is 2.43. The van der Waals surface area contributed by atoms with E-state index in [9.17, 15) is 29.3 Å². The van der Waals surface area contributed by atoms with Gasteiger partial charge >= 0.3 is 19.8 Å². The Morgan fingerprint density at radius 3 is 0.814 bits per heavy atom. The maximum absolute atomic E-state index is 12.5. The molecule has 0 saturated carbocycles. The van der Waals surface area contributed by atoms with Crippen molar-refractivity contribution in [2.45, 2.75) is 328 Å². The lowest BCUT2D eigenvalue weighted by atomic mass is 10.0. The summed E-state index contributed by atoms with van der Waals surface area (Å²) in [6, 6.07) is 0. The van der Waals surface area contributed by atoms with Crippen molar-refractivity contribution in [2.24, 2.45) is 0 Å². The van der Waals surface area contributed by atoms with E-state index >= 15 is 0 Å². The normalized spacial score (nSPS) is 13.5. The number of aliphatic hydroxyl groups excluding tert-OH is 2. The molecule has 70 heavy (non-hydrogen) atoms. The van der Waals surface area contributed by atoms with E-state index in [-0.39, 0.29) is 12.8 Å². The van der Waals surface area contributed by atoms with Gasteiger partial charge in [-0.15, -0.1) is 0 Å². The second-order valence-electron chi connectivity index (χ2n) is 20.7. The van der Waals surface area contributed by atoms with Crippen LogP contribution in [-0.2, 0) is 32.7 Å². The first kappa shape index (κ1) is 68.7. The lowest BCUT2D eigenvalue weighted by Gasteiger charge is -2.20. The molecule has 0 aromatic carbocycles. The Hall–Kier alpha value is -1.29. The van der Waals surface area contributed by atoms with Gasteiger partial charge in [-0.3, -0.25) is 18.6 Å². The number of unbranched alkanes of at least 4 members (excludes halogenated alkanes) is 42. The second-order valence-corrected chi connectivity index (χ2v) is 22.1. The topological polar surface area (TPSA) is 149 Å². The predicted molar refractivity (Wildman–Crippen MR) is 293 cm³/mol. The van der Waals surface area contributed by atoms with Gasteiger partial charge in [0.05, 0.1) is 26.4 Å². The van der Waals surface area contributed by atoms with Crippen molar-refractivity contribution < 1.29 is 47.8 Å². The molecule has 0 aliphatic rings. The molecular weight excluding hydrogens is 900 g/mol. The van der Waals surface area contributed by atoms with Crippen molar-refractivity contribution in [2.75, 3.05) is 26.4 Å². The maximum Gasteiger partial charge on any atom is 0.472 e. The maximum atomic E-state index is 12.5. The lowest BCUT2D eigenvalue weighted by Crippen LogP contribution is -2.28.